The van der Waals surface area contributed by atoms with E-state index >= 15 is 0 Å². The lowest BCUT2D eigenvalue weighted by molar-refractivity contribution is 1.43. The van der Waals surface area contributed by atoms with Gasteiger partial charge in [-0.1, -0.05) is 0 Å². The number of hydrogen-bond donors (Lipinski definition) is 3. The number of H-pyrrole nitrogens is 1. The molecule has 1 aliphatic carbocycles. The number of nitrogens with one attached hydrogen (secondary N) is 2. The van der Waals surface area contributed by atoms with Crippen molar-refractivity contribution in [1.82, 2.24) is 4.98 Å². The van der Waals surface area contributed by atoms with Crippen molar-refractivity contribution in [2.24, 2.45) is 5.73 Å². The van der Waals surface area contributed by atoms with E-state index < -0.39 is 0 Å². The molecule has 0 fully saturated rings. The maximum atomic E-state index is 9.12. The number of aromatic amines is 1. The van der Waals surface area contributed by atoms with Crippen LogP contribution in [0.5, 0.6) is 0 Å². The Kier molecular flexibility index (Phi) is 1.81. The highest BCUT2D eigenvalue weighted by molar-refractivity contribution is 6.27. The van der Waals surface area contributed by atoms with Gasteiger partial charge in [0.15, 0.2) is 0 Å². The highest BCUT2D eigenvalue weighted by Gasteiger charge is 2.28. The van der Waals surface area contributed by atoms with Crippen LogP contribution in [0.3, 0.4) is 0 Å². The van der Waals surface area contributed by atoms with Crippen LogP contribution < -0.4 is 5.73 Å². The van der Waals surface area contributed by atoms with Crippen molar-refractivity contribution in [2.75, 3.05) is 0 Å². The first kappa shape index (κ1) is 10.1. The van der Waals surface area contributed by atoms with Crippen molar-refractivity contribution in [1.29, 1.82) is 15.9 Å². The Balaban J connectivity index is 2.52. The third-order valence-electron chi connectivity index (χ3n) is 3.14. The fourth-order valence-electron chi connectivity index (χ4n) is 2.31. The lowest BCUT2D eigenvalue weighted by Crippen LogP contribution is -1.98. The van der Waals surface area contributed by atoms with E-state index in [2.05, 4.69) is 11.1 Å². The number of hydrogen-bond acceptors (Lipinski definition) is 4. The number of nitriles is 2. The number of rotatable bonds is 0. The van der Waals surface area contributed by atoms with Gasteiger partial charge in [0, 0.05) is 22.7 Å². The van der Waals surface area contributed by atoms with Gasteiger partial charge >= 0.3 is 0 Å². The van der Waals surface area contributed by atoms with Gasteiger partial charge in [-0.25, -0.2) is 0 Å². The van der Waals surface area contributed by atoms with E-state index in [1.54, 1.807) is 18.3 Å². The summed E-state index contributed by atoms with van der Waals surface area (Å²) in [7, 11) is 0. The van der Waals surface area contributed by atoms with Gasteiger partial charge < -0.3 is 10.7 Å². The van der Waals surface area contributed by atoms with Crippen LogP contribution in [0.25, 0.3) is 16.6 Å². The Bertz CT molecular complexity index is 823. The van der Waals surface area contributed by atoms with Gasteiger partial charge in [-0.05, 0) is 12.1 Å². The summed E-state index contributed by atoms with van der Waals surface area (Å²) in [5.74, 6) is 0. The molecule has 1 aromatic carbocycles. The van der Waals surface area contributed by atoms with E-state index in [0.29, 0.717) is 27.9 Å². The first-order valence-corrected chi connectivity index (χ1v) is 5.22. The zero-order chi connectivity index (χ0) is 12.9. The minimum Gasteiger partial charge on any atom is -0.397 e. The van der Waals surface area contributed by atoms with Gasteiger partial charge in [0.05, 0.1) is 28.6 Å². The second kappa shape index (κ2) is 3.22. The highest BCUT2D eigenvalue weighted by atomic mass is 14.7. The topological polar surface area (TPSA) is 113 Å². The average molecular weight is 233 g/mol. The molecule has 0 saturated heterocycles. The molecule has 3 rings (SSSR count). The van der Waals surface area contributed by atoms with Crippen LogP contribution in [0.4, 0.5) is 0 Å². The predicted octanol–water partition coefficient (Wildman–Crippen LogP) is 1.61. The zero-order valence-corrected chi connectivity index (χ0v) is 9.20. The molecule has 1 aliphatic rings. The molecule has 0 aliphatic heterocycles. The first-order valence-electron chi connectivity index (χ1n) is 5.22. The molecule has 0 spiro atoms. The number of allylic oxidation sites excluding steroid dienone is 1. The van der Waals surface area contributed by atoms with E-state index in [-0.39, 0.29) is 11.3 Å². The fourth-order valence-corrected chi connectivity index (χ4v) is 2.31. The summed E-state index contributed by atoms with van der Waals surface area (Å²) in [6, 6.07) is 7.44. The molecule has 5 heteroatoms. The summed E-state index contributed by atoms with van der Waals surface area (Å²) >= 11 is 0. The number of aromatic nitrogens is 1. The van der Waals surface area contributed by atoms with Crippen molar-refractivity contribution in [3.63, 3.8) is 0 Å². The van der Waals surface area contributed by atoms with Gasteiger partial charge in [0.2, 0.25) is 0 Å². The lowest BCUT2D eigenvalue weighted by atomic mass is 10.00. The maximum Gasteiger partial charge on any atom is 0.104 e. The quantitative estimate of drug-likeness (QED) is 0.642. The molecule has 0 radical (unpaired) electrons. The summed E-state index contributed by atoms with van der Waals surface area (Å²) in [5, 5.41) is 26.8. The molecule has 0 saturated carbocycles. The third kappa shape index (κ3) is 1.00. The largest absolute Gasteiger partial charge is 0.397 e. The standard InChI is InChI=1S/C13H7N5/c14-4-6-3-8-10(13-7(6)1-2-18-13)12(17)9(5-15)11(8)16/h1-3,16,18H,17H2. The molecule has 1 aromatic heterocycles. The Morgan fingerprint density at radius 2 is 2.06 bits per heavy atom. The molecule has 5 nitrogen and oxygen atoms in total. The van der Waals surface area contributed by atoms with Crippen molar-refractivity contribution in [2.45, 2.75) is 0 Å². The van der Waals surface area contributed by atoms with Gasteiger partial charge in [-0.15, -0.1) is 0 Å². The molecule has 4 N–H and O–H groups in total. The van der Waals surface area contributed by atoms with Gasteiger partial charge in [-0.2, -0.15) is 10.5 Å². The second-order valence-corrected chi connectivity index (χ2v) is 4.00. The lowest BCUT2D eigenvalue weighted by Gasteiger charge is -2.04. The van der Waals surface area contributed by atoms with E-state index in [4.69, 9.17) is 21.7 Å². The molecule has 84 valence electrons. The van der Waals surface area contributed by atoms with Crippen LogP contribution >= 0.6 is 0 Å². The van der Waals surface area contributed by atoms with Crippen LogP contribution in [0.15, 0.2) is 23.9 Å². The summed E-state index contributed by atoms with van der Waals surface area (Å²) in [4.78, 5) is 3.02. The Morgan fingerprint density at radius 1 is 1.28 bits per heavy atom. The molecular weight excluding hydrogens is 226 g/mol. The van der Waals surface area contributed by atoms with Crippen molar-refractivity contribution in [3.05, 3.63) is 40.6 Å². The van der Waals surface area contributed by atoms with Crippen LogP contribution in [0.1, 0.15) is 16.7 Å². The second-order valence-electron chi connectivity index (χ2n) is 4.00. The van der Waals surface area contributed by atoms with Crippen LogP contribution in [-0.2, 0) is 0 Å². The van der Waals surface area contributed by atoms with Gasteiger partial charge in [-0.3, -0.25) is 5.41 Å². The van der Waals surface area contributed by atoms with Crippen LogP contribution in [0.2, 0.25) is 0 Å². The molecule has 1 heterocycles. The van der Waals surface area contributed by atoms with Crippen molar-refractivity contribution >= 4 is 22.3 Å². The number of benzene rings is 1. The number of nitrogens with two attached hydrogens (primary N) is 1. The molecule has 0 unspecified atom stereocenters. The van der Waals surface area contributed by atoms with Crippen molar-refractivity contribution < 1.29 is 0 Å². The minimum atomic E-state index is 0.0815. The average Bonchev–Trinajstić information content (AvgIpc) is 2.93. The summed E-state index contributed by atoms with van der Waals surface area (Å²) < 4.78 is 0. The Morgan fingerprint density at radius 3 is 2.72 bits per heavy atom. The summed E-state index contributed by atoms with van der Waals surface area (Å²) in [6.07, 6.45) is 1.72. The Hall–Kier alpha value is -3.05. The normalized spacial score (nSPS) is 13.6. The van der Waals surface area contributed by atoms with E-state index in [0.717, 1.165) is 5.39 Å². The third-order valence-corrected chi connectivity index (χ3v) is 3.14. The minimum absolute atomic E-state index is 0.0815. The van der Waals surface area contributed by atoms with Crippen LogP contribution in [-0.4, -0.2) is 10.7 Å². The van der Waals surface area contributed by atoms with Crippen molar-refractivity contribution in [3.8, 4) is 12.1 Å². The molecule has 2 aromatic rings. The fraction of sp³-hybridized carbons (Fsp3) is 0. The van der Waals surface area contributed by atoms with E-state index in [9.17, 15) is 0 Å². The Labute approximate surface area is 102 Å². The summed E-state index contributed by atoms with van der Waals surface area (Å²) in [6.45, 7) is 0. The monoisotopic (exact) mass is 233 g/mol. The molecular formula is C13H7N5. The smallest absolute Gasteiger partial charge is 0.104 e. The van der Waals surface area contributed by atoms with Gasteiger partial charge in [0.25, 0.3) is 0 Å². The van der Waals surface area contributed by atoms with Crippen LogP contribution in [0, 0.1) is 28.1 Å². The molecule has 18 heavy (non-hydrogen) atoms. The maximum absolute atomic E-state index is 9.12. The zero-order valence-electron chi connectivity index (χ0n) is 9.20. The molecule has 0 amide bonds. The molecule has 0 bridgehead atoms. The van der Waals surface area contributed by atoms with Gasteiger partial charge in [0.1, 0.15) is 11.6 Å². The predicted molar refractivity (Wildman–Crippen MR) is 66.6 cm³/mol. The SMILES string of the molecule is N#CC1=C(N)c2c(cc(C#N)c3cc[nH]c23)C1=N. The molecule has 0 atom stereocenters. The number of fused-ring (bicyclic) bond motifs is 3. The highest BCUT2D eigenvalue weighted by Crippen LogP contribution is 2.36. The first-order chi connectivity index (χ1) is 8.69. The number of nitrogens with zero attached hydrogens (tertiary/aromatic N) is 2. The summed E-state index contributed by atoms with van der Waals surface area (Å²) in [5.41, 5.74) is 8.83. The van der Waals surface area contributed by atoms with E-state index in [1.807, 2.05) is 6.07 Å². The van der Waals surface area contributed by atoms with E-state index in [1.165, 1.54) is 0 Å².